The lowest BCUT2D eigenvalue weighted by molar-refractivity contribution is 0.212. The van der Waals surface area contributed by atoms with Crippen LogP contribution >= 0.6 is 12.2 Å². The van der Waals surface area contributed by atoms with Gasteiger partial charge >= 0.3 is 0 Å². The number of sulfonamides is 1. The van der Waals surface area contributed by atoms with Crippen molar-refractivity contribution in [1.29, 1.82) is 0 Å². The maximum atomic E-state index is 12.0. The van der Waals surface area contributed by atoms with Crippen molar-refractivity contribution >= 4 is 27.2 Å². The van der Waals surface area contributed by atoms with Crippen molar-refractivity contribution in [3.05, 3.63) is 0 Å². The van der Waals surface area contributed by atoms with Gasteiger partial charge in [0.1, 0.15) is 5.25 Å². The fraction of sp³-hybridized carbons (Fsp3) is 0.909. The van der Waals surface area contributed by atoms with Crippen molar-refractivity contribution in [1.82, 2.24) is 4.72 Å². The molecule has 1 rings (SSSR count). The molecule has 17 heavy (non-hydrogen) atoms. The quantitative estimate of drug-likeness (QED) is 0.765. The zero-order chi connectivity index (χ0) is 13.3. The summed E-state index contributed by atoms with van der Waals surface area (Å²) in [6, 6.07) is 0.0144. The van der Waals surface area contributed by atoms with Crippen LogP contribution < -0.4 is 10.5 Å². The molecule has 0 radical (unpaired) electrons. The van der Waals surface area contributed by atoms with E-state index < -0.39 is 15.3 Å². The topological polar surface area (TPSA) is 72.2 Å². The SMILES string of the molecule is CC(C(N)=S)S(=O)(=O)NC1CCCC(C)(C)C1. The highest BCUT2D eigenvalue weighted by atomic mass is 32.2. The van der Waals surface area contributed by atoms with E-state index in [9.17, 15) is 8.42 Å². The zero-order valence-corrected chi connectivity index (χ0v) is 12.3. The van der Waals surface area contributed by atoms with Crippen LogP contribution in [0.4, 0.5) is 0 Å². The molecule has 1 fully saturated rings. The van der Waals surface area contributed by atoms with Crippen LogP contribution in [0.1, 0.15) is 46.5 Å². The fourth-order valence-corrected chi connectivity index (χ4v) is 3.84. The van der Waals surface area contributed by atoms with Gasteiger partial charge in [0, 0.05) is 6.04 Å². The summed E-state index contributed by atoms with van der Waals surface area (Å²) in [7, 11) is -3.43. The maximum Gasteiger partial charge on any atom is 0.220 e. The van der Waals surface area contributed by atoms with E-state index in [-0.39, 0.29) is 16.4 Å². The zero-order valence-electron chi connectivity index (χ0n) is 10.7. The van der Waals surface area contributed by atoms with Crippen LogP contribution in [0.15, 0.2) is 0 Å². The predicted molar refractivity (Wildman–Crippen MR) is 74.3 cm³/mol. The summed E-state index contributed by atoms with van der Waals surface area (Å²) in [6.07, 6.45) is 3.97. The van der Waals surface area contributed by atoms with Crippen molar-refractivity contribution in [3.63, 3.8) is 0 Å². The Hall–Kier alpha value is -0.200. The van der Waals surface area contributed by atoms with E-state index in [4.69, 9.17) is 18.0 Å². The lowest BCUT2D eigenvalue weighted by Gasteiger charge is -2.35. The second-order valence-electron chi connectivity index (χ2n) is 5.66. The maximum absolute atomic E-state index is 12.0. The molecule has 0 aromatic heterocycles. The molecule has 0 aromatic rings. The highest BCUT2D eigenvalue weighted by molar-refractivity contribution is 7.93. The van der Waals surface area contributed by atoms with E-state index in [1.165, 1.54) is 6.92 Å². The Kier molecular flexibility index (Phi) is 4.54. The van der Waals surface area contributed by atoms with Gasteiger partial charge < -0.3 is 5.73 Å². The molecule has 100 valence electrons. The number of hydrogen-bond donors (Lipinski definition) is 2. The molecule has 4 nitrogen and oxygen atoms in total. The second kappa shape index (κ2) is 5.20. The van der Waals surface area contributed by atoms with Crippen LogP contribution in [-0.2, 0) is 10.0 Å². The molecule has 2 unspecified atom stereocenters. The molecule has 0 amide bonds. The third-order valence-electron chi connectivity index (χ3n) is 3.40. The van der Waals surface area contributed by atoms with Gasteiger partial charge in [-0.3, -0.25) is 0 Å². The molecule has 0 saturated heterocycles. The highest BCUT2D eigenvalue weighted by Crippen LogP contribution is 2.35. The van der Waals surface area contributed by atoms with Gasteiger partial charge in [0.2, 0.25) is 10.0 Å². The minimum Gasteiger partial charge on any atom is -0.392 e. The van der Waals surface area contributed by atoms with Crippen LogP contribution in [0.3, 0.4) is 0 Å². The van der Waals surface area contributed by atoms with Gasteiger partial charge in [-0.15, -0.1) is 0 Å². The Labute approximate surface area is 109 Å². The molecule has 1 aliphatic carbocycles. The van der Waals surface area contributed by atoms with Gasteiger partial charge in [0.15, 0.2) is 0 Å². The fourth-order valence-electron chi connectivity index (χ4n) is 2.29. The lowest BCUT2D eigenvalue weighted by Crippen LogP contribution is -2.47. The molecule has 6 heteroatoms. The van der Waals surface area contributed by atoms with Gasteiger partial charge in [-0.25, -0.2) is 13.1 Å². The van der Waals surface area contributed by atoms with Crippen LogP contribution in [0.5, 0.6) is 0 Å². The van der Waals surface area contributed by atoms with E-state index >= 15 is 0 Å². The van der Waals surface area contributed by atoms with Crippen LogP contribution in [0.2, 0.25) is 0 Å². The summed E-state index contributed by atoms with van der Waals surface area (Å²) in [6.45, 7) is 5.87. The third kappa shape index (κ3) is 4.19. The summed E-state index contributed by atoms with van der Waals surface area (Å²) < 4.78 is 26.7. The first-order valence-electron chi connectivity index (χ1n) is 5.94. The Morgan fingerprint density at radius 2 is 2.12 bits per heavy atom. The Balaban J connectivity index is 2.68. The van der Waals surface area contributed by atoms with Gasteiger partial charge in [-0.1, -0.05) is 32.5 Å². The lowest BCUT2D eigenvalue weighted by atomic mass is 9.75. The average molecular weight is 278 g/mol. The van der Waals surface area contributed by atoms with E-state index in [0.29, 0.717) is 0 Å². The first-order chi connectivity index (χ1) is 7.64. The van der Waals surface area contributed by atoms with Crippen molar-refractivity contribution < 1.29 is 8.42 Å². The van der Waals surface area contributed by atoms with E-state index in [0.717, 1.165) is 25.7 Å². The van der Waals surface area contributed by atoms with Gasteiger partial charge in [0.05, 0.1) is 4.99 Å². The summed E-state index contributed by atoms with van der Waals surface area (Å²) in [5, 5.41) is -0.803. The second-order valence-corrected chi connectivity index (χ2v) is 8.17. The first kappa shape index (κ1) is 14.9. The Morgan fingerprint density at radius 1 is 1.53 bits per heavy atom. The van der Waals surface area contributed by atoms with Crippen molar-refractivity contribution in [2.45, 2.75) is 57.7 Å². The molecular formula is C11H22N2O2S2. The number of rotatable bonds is 4. The summed E-state index contributed by atoms with van der Waals surface area (Å²) in [5.74, 6) is 0. The molecule has 0 bridgehead atoms. The van der Waals surface area contributed by atoms with Crippen molar-refractivity contribution in [3.8, 4) is 0 Å². The first-order valence-corrected chi connectivity index (χ1v) is 7.90. The number of nitrogens with two attached hydrogens (primary N) is 1. The molecule has 1 aliphatic rings. The molecule has 0 heterocycles. The Morgan fingerprint density at radius 3 is 2.59 bits per heavy atom. The summed E-state index contributed by atoms with van der Waals surface area (Å²) in [4.78, 5) is 0.0209. The van der Waals surface area contributed by atoms with Crippen LogP contribution in [0, 0.1) is 5.41 Å². The number of nitrogens with one attached hydrogen (secondary N) is 1. The molecule has 2 atom stereocenters. The largest absolute Gasteiger partial charge is 0.392 e. The molecule has 3 N–H and O–H groups in total. The molecular weight excluding hydrogens is 256 g/mol. The van der Waals surface area contributed by atoms with Crippen molar-refractivity contribution in [2.24, 2.45) is 11.1 Å². The average Bonchev–Trinajstić information content (AvgIpc) is 2.13. The minimum absolute atomic E-state index is 0.0144. The molecule has 0 aromatic carbocycles. The standard InChI is InChI=1S/C11H22N2O2S2/c1-8(10(12)16)17(14,15)13-9-5-4-6-11(2,3)7-9/h8-9,13H,4-7H2,1-3H3,(H2,12,16). The van der Waals surface area contributed by atoms with Crippen molar-refractivity contribution in [2.75, 3.05) is 0 Å². The van der Waals surface area contributed by atoms with E-state index in [2.05, 4.69) is 18.6 Å². The van der Waals surface area contributed by atoms with E-state index in [1.54, 1.807) is 0 Å². The van der Waals surface area contributed by atoms with Crippen LogP contribution in [-0.4, -0.2) is 24.7 Å². The molecule has 0 spiro atoms. The monoisotopic (exact) mass is 278 g/mol. The number of thiocarbonyl (C=S) groups is 1. The van der Waals surface area contributed by atoms with Gasteiger partial charge in [-0.05, 0) is 31.6 Å². The highest BCUT2D eigenvalue weighted by Gasteiger charge is 2.32. The smallest absolute Gasteiger partial charge is 0.220 e. The molecule has 0 aliphatic heterocycles. The van der Waals surface area contributed by atoms with E-state index in [1.807, 2.05) is 0 Å². The minimum atomic E-state index is -3.43. The summed E-state index contributed by atoms with van der Waals surface area (Å²) >= 11 is 4.74. The van der Waals surface area contributed by atoms with Gasteiger partial charge in [-0.2, -0.15) is 0 Å². The predicted octanol–water partition coefficient (Wildman–Crippen LogP) is 1.55. The Bertz CT molecular complexity index is 390. The van der Waals surface area contributed by atoms with Crippen LogP contribution in [0.25, 0.3) is 0 Å². The number of hydrogen-bond acceptors (Lipinski definition) is 3. The summed E-state index contributed by atoms with van der Waals surface area (Å²) in [5.41, 5.74) is 5.60. The van der Waals surface area contributed by atoms with Gasteiger partial charge in [0.25, 0.3) is 0 Å². The normalized spacial score (nSPS) is 26.4. The third-order valence-corrected chi connectivity index (χ3v) is 5.75. The molecule has 1 saturated carbocycles.